The fourth-order valence-electron chi connectivity index (χ4n) is 4.95. The molecule has 1 aliphatic heterocycles. The summed E-state index contributed by atoms with van der Waals surface area (Å²) >= 11 is 0. The lowest BCUT2D eigenvalue weighted by Crippen LogP contribution is -2.66. The number of carbonyl (C=O) groups excluding carboxylic acids is 3. The van der Waals surface area contributed by atoms with Crippen LogP contribution in [0.4, 0.5) is 4.79 Å². The maximum atomic E-state index is 12.7. The summed E-state index contributed by atoms with van der Waals surface area (Å²) in [4.78, 5) is 48.5. The van der Waals surface area contributed by atoms with E-state index in [4.69, 9.17) is 23.2 Å². The Hall–Kier alpha value is -3.81. The van der Waals surface area contributed by atoms with Gasteiger partial charge in [0.1, 0.15) is 41.3 Å². The van der Waals surface area contributed by atoms with Gasteiger partial charge < -0.3 is 44.8 Å². The van der Waals surface area contributed by atoms with E-state index >= 15 is 0 Å². The molecule has 0 unspecified atom stereocenters. The van der Waals surface area contributed by atoms with Gasteiger partial charge in [-0.1, -0.05) is 12.8 Å². The van der Waals surface area contributed by atoms with E-state index in [9.17, 15) is 37.8 Å². The van der Waals surface area contributed by atoms with E-state index in [1.165, 1.54) is 24.3 Å². The van der Waals surface area contributed by atoms with Crippen molar-refractivity contribution in [3.63, 3.8) is 0 Å². The molecule has 0 bridgehead atoms. The van der Waals surface area contributed by atoms with Crippen LogP contribution in [0.25, 0.3) is 11.0 Å². The Labute approximate surface area is 277 Å². The number of unbranched alkanes of at least 4 members (excludes halogenated alkanes) is 3. The van der Waals surface area contributed by atoms with Crippen molar-refractivity contribution in [3.05, 3.63) is 40.2 Å². The van der Waals surface area contributed by atoms with Crippen LogP contribution in [0.3, 0.4) is 0 Å². The Morgan fingerprint density at radius 3 is 2.29 bits per heavy atom. The molecule has 1 aromatic heterocycles. The van der Waals surface area contributed by atoms with E-state index in [2.05, 4.69) is 20.1 Å². The molecule has 18 heteroatoms. The molecule has 6 N–H and O–H groups in total. The quantitative estimate of drug-likeness (QED) is 0.0850. The molecule has 1 aromatic carbocycles. The van der Waals surface area contributed by atoms with Gasteiger partial charge in [-0.2, -0.15) is 8.42 Å². The van der Waals surface area contributed by atoms with Crippen molar-refractivity contribution in [1.82, 2.24) is 16.0 Å². The lowest BCUT2D eigenvalue weighted by Gasteiger charge is -2.43. The molecule has 17 nitrogen and oxygen atoms in total. The van der Waals surface area contributed by atoms with Crippen molar-refractivity contribution in [2.24, 2.45) is 0 Å². The van der Waals surface area contributed by atoms with Gasteiger partial charge in [-0.05, 0) is 51.3 Å². The topological polar surface area (TPSA) is 249 Å². The summed E-state index contributed by atoms with van der Waals surface area (Å²) in [7, 11) is -5.08. The van der Waals surface area contributed by atoms with Crippen LogP contribution in [0.2, 0.25) is 0 Å². The molecule has 0 saturated carbocycles. The van der Waals surface area contributed by atoms with Crippen molar-refractivity contribution in [2.45, 2.75) is 96.0 Å². The first-order valence-electron chi connectivity index (χ1n) is 15.3. The number of ether oxygens (including phenoxy) is 3. The average Bonchev–Trinajstić information content (AvgIpc) is 2.95. The smallest absolute Gasteiger partial charge is 0.407 e. The molecule has 48 heavy (non-hydrogen) atoms. The lowest BCUT2D eigenvalue weighted by atomic mass is 9.97. The van der Waals surface area contributed by atoms with Gasteiger partial charge in [-0.15, -0.1) is 0 Å². The number of benzene rings is 1. The third-order valence-electron chi connectivity index (χ3n) is 6.95. The molecule has 1 saturated heterocycles. The molecular weight excluding hydrogens is 658 g/mol. The van der Waals surface area contributed by atoms with Crippen LogP contribution >= 0.6 is 0 Å². The van der Waals surface area contributed by atoms with Gasteiger partial charge in [0.2, 0.25) is 18.1 Å². The zero-order chi connectivity index (χ0) is 35.6. The average molecular weight is 702 g/mol. The molecule has 1 aliphatic rings. The van der Waals surface area contributed by atoms with Crippen LogP contribution in [-0.4, -0.2) is 97.0 Å². The van der Waals surface area contributed by atoms with E-state index in [1.807, 2.05) is 0 Å². The molecular formula is C30H43N3O14S. The number of alkyl carbamates (subject to hydrolysis) is 1. The number of aliphatic hydroxyl groups is 2. The normalized spacial score (nSPS) is 21.4. The largest absolute Gasteiger partial charge is 0.462 e. The number of fused-ring (bicyclic) bond motifs is 1. The van der Waals surface area contributed by atoms with Gasteiger partial charge >= 0.3 is 22.1 Å². The van der Waals surface area contributed by atoms with Crippen LogP contribution in [0, 0.1) is 0 Å². The first-order chi connectivity index (χ1) is 22.5. The van der Waals surface area contributed by atoms with Crippen LogP contribution in [0.5, 0.6) is 5.75 Å². The number of rotatable bonds is 15. The SMILES string of the molecule is CC(=O)N[C@H]1[C@H](Oc2ccc3c(CC(=O)NCCCCCCNC(=O)OC(C)(C)C)cc(=O)oc3c2)O[C@H](CO)[C@H](OS(=O)(=O)O)[C@@H]1O. The summed E-state index contributed by atoms with van der Waals surface area (Å²) in [5.41, 5.74) is -0.837. The monoisotopic (exact) mass is 701 g/mol. The highest BCUT2D eigenvalue weighted by molar-refractivity contribution is 7.80. The summed E-state index contributed by atoms with van der Waals surface area (Å²) in [5, 5.41) is 28.8. The van der Waals surface area contributed by atoms with E-state index < -0.39 is 70.9 Å². The second-order valence-electron chi connectivity index (χ2n) is 12.2. The highest BCUT2D eigenvalue weighted by Gasteiger charge is 2.49. The molecule has 2 aromatic rings. The minimum atomic E-state index is -5.08. The van der Waals surface area contributed by atoms with Crippen molar-refractivity contribution in [3.8, 4) is 5.75 Å². The third kappa shape index (κ3) is 12.3. The maximum Gasteiger partial charge on any atom is 0.407 e. The van der Waals surface area contributed by atoms with Crippen LogP contribution < -0.4 is 26.3 Å². The molecule has 2 heterocycles. The van der Waals surface area contributed by atoms with Gasteiger partial charge in [-0.3, -0.25) is 14.1 Å². The van der Waals surface area contributed by atoms with Crippen molar-refractivity contribution >= 4 is 39.3 Å². The summed E-state index contributed by atoms with van der Waals surface area (Å²) < 4.78 is 58.1. The predicted octanol–water partition coefficient (Wildman–Crippen LogP) is 0.686. The fourth-order valence-corrected chi connectivity index (χ4v) is 5.47. The highest BCUT2D eigenvalue weighted by atomic mass is 32.3. The Kier molecular flexibility index (Phi) is 13.7. The maximum absolute atomic E-state index is 12.7. The van der Waals surface area contributed by atoms with Gasteiger partial charge in [0.25, 0.3) is 0 Å². The number of carbonyl (C=O) groups is 3. The van der Waals surface area contributed by atoms with Gasteiger partial charge in [0, 0.05) is 37.5 Å². The van der Waals surface area contributed by atoms with Crippen molar-refractivity contribution < 1.29 is 60.4 Å². The van der Waals surface area contributed by atoms with E-state index in [0.717, 1.165) is 26.2 Å². The Balaban J connectivity index is 1.59. The number of aliphatic hydroxyl groups excluding tert-OH is 2. The summed E-state index contributed by atoms with van der Waals surface area (Å²) in [6.07, 6.45) is -4.04. The van der Waals surface area contributed by atoms with E-state index in [0.29, 0.717) is 30.5 Å². The van der Waals surface area contributed by atoms with Crippen LogP contribution in [0.15, 0.2) is 33.5 Å². The fraction of sp³-hybridized carbons (Fsp3) is 0.600. The Morgan fingerprint density at radius 1 is 1.02 bits per heavy atom. The molecule has 0 spiro atoms. The molecule has 0 radical (unpaired) electrons. The van der Waals surface area contributed by atoms with Crippen LogP contribution in [-0.2, 0) is 40.1 Å². The molecule has 0 aliphatic carbocycles. The lowest BCUT2D eigenvalue weighted by molar-refractivity contribution is -0.239. The summed E-state index contributed by atoms with van der Waals surface area (Å²) in [6, 6.07) is 4.09. The molecule has 5 atom stereocenters. The highest BCUT2D eigenvalue weighted by Crippen LogP contribution is 2.29. The zero-order valence-corrected chi connectivity index (χ0v) is 27.9. The molecule has 268 valence electrons. The minimum absolute atomic E-state index is 0.0342. The molecule has 1 fully saturated rings. The summed E-state index contributed by atoms with van der Waals surface area (Å²) in [6.45, 7) is 6.54. The Morgan fingerprint density at radius 2 is 1.69 bits per heavy atom. The first kappa shape index (κ1) is 38.6. The number of hydrogen-bond donors (Lipinski definition) is 6. The second kappa shape index (κ2) is 17.0. The minimum Gasteiger partial charge on any atom is -0.462 e. The zero-order valence-electron chi connectivity index (χ0n) is 27.1. The second-order valence-corrected chi connectivity index (χ2v) is 13.2. The standard InChI is InChI=1S/C30H43N3O14S/c1-17(35)33-25-26(38)27(47-48(40,41)42)22(16-34)45-28(25)43-19-9-10-20-18(14-24(37)44-21(20)15-19)13-23(36)31-11-7-5-6-8-12-32-29(39)46-30(2,3)4/h9-10,14-15,22,25-28,34,38H,5-8,11-13,16H2,1-4H3,(H,31,36)(H,32,39)(H,33,35)(H,40,41,42)/t22-,25-,26-,27+,28-/m1/s1. The number of hydrogen-bond acceptors (Lipinski definition) is 13. The first-order valence-corrected chi connectivity index (χ1v) is 16.7. The van der Waals surface area contributed by atoms with Crippen molar-refractivity contribution in [1.29, 1.82) is 0 Å². The Bertz CT molecular complexity index is 1590. The number of nitrogens with one attached hydrogen (secondary N) is 3. The molecule has 3 rings (SSSR count). The van der Waals surface area contributed by atoms with Crippen molar-refractivity contribution in [2.75, 3.05) is 19.7 Å². The number of amides is 3. The van der Waals surface area contributed by atoms with Gasteiger partial charge in [0.05, 0.1) is 13.0 Å². The van der Waals surface area contributed by atoms with Gasteiger partial charge in [-0.25, -0.2) is 13.8 Å². The van der Waals surface area contributed by atoms with E-state index in [1.54, 1.807) is 20.8 Å². The molecule has 3 amide bonds. The third-order valence-corrected chi connectivity index (χ3v) is 7.42. The summed E-state index contributed by atoms with van der Waals surface area (Å²) in [5.74, 6) is -0.926. The van der Waals surface area contributed by atoms with Crippen LogP contribution in [0.1, 0.15) is 58.9 Å². The predicted molar refractivity (Wildman–Crippen MR) is 168 cm³/mol. The van der Waals surface area contributed by atoms with Gasteiger partial charge in [0.15, 0.2) is 0 Å². The van der Waals surface area contributed by atoms with E-state index in [-0.39, 0.29) is 23.7 Å².